The Labute approximate surface area is 91.2 Å². The molecule has 0 radical (unpaired) electrons. The molecule has 0 atom stereocenters. The first-order chi connectivity index (χ1) is 7.18. The normalized spacial score (nSPS) is 23.9. The summed E-state index contributed by atoms with van der Waals surface area (Å²) in [6, 6.07) is 0.487. The fraction of sp³-hybridized carbons (Fsp3) is 0.909. The van der Waals surface area contributed by atoms with Gasteiger partial charge in [0.15, 0.2) is 0 Å². The molecule has 0 aromatic heterocycles. The van der Waals surface area contributed by atoms with Gasteiger partial charge in [0.2, 0.25) is 0 Å². The van der Waals surface area contributed by atoms with Crippen molar-refractivity contribution < 1.29 is 4.79 Å². The number of carbonyl (C=O) groups is 1. The third-order valence-corrected chi connectivity index (χ3v) is 3.84. The van der Waals surface area contributed by atoms with Crippen molar-refractivity contribution in [3.8, 4) is 0 Å². The average Bonchev–Trinajstić information content (AvgIpc) is 2.92. The van der Waals surface area contributed by atoms with Crippen molar-refractivity contribution in [1.29, 1.82) is 0 Å². The second-order valence-corrected chi connectivity index (χ2v) is 4.92. The molecule has 0 aliphatic heterocycles. The lowest BCUT2D eigenvalue weighted by Crippen LogP contribution is -2.55. The standard InChI is InChI=1S/C11H21N3O/c1-14(10(15)13-9-4-5-9)11(8-12)6-2-3-7-11/h9H,2-8,12H2,1H3,(H,13,15). The van der Waals surface area contributed by atoms with Crippen LogP contribution in [0.1, 0.15) is 38.5 Å². The highest BCUT2D eigenvalue weighted by atomic mass is 16.2. The molecule has 4 nitrogen and oxygen atoms in total. The second kappa shape index (κ2) is 4.00. The zero-order valence-corrected chi connectivity index (χ0v) is 9.46. The Kier molecular flexibility index (Phi) is 2.87. The van der Waals surface area contributed by atoms with E-state index in [2.05, 4.69) is 5.32 Å². The van der Waals surface area contributed by atoms with E-state index in [9.17, 15) is 4.79 Å². The summed E-state index contributed by atoms with van der Waals surface area (Å²) in [5.74, 6) is 0. The van der Waals surface area contributed by atoms with Crippen molar-refractivity contribution in [3.63, 3.8) is 0 Å². The van der Waals surface area contributed by atoms with Crippen molar-refractivity contribution in [2.24, 2.45) is 5.73 Å². The Morgan fingerprint density at radius 2 is 2.07 bits per heavy atom. The number of likely N-dealkylation sites (N-methyl/N-ethyl adjacent to an activating group) is 1. The maximum absolute atomic E-state index is 11.9. The van der Waals surface area contributed by atoms with Gasteiger partial charge in [-0.25, -0.2) is 4.79 Å². The molecule has 2 amide bonds. The second-order valence-electron chi connectivity index (χ2n) is 4.92. The number of nitrogens with one attached hydrogen (secondary N) is 1. The molecule has 0 spiro atoms. The van der Waals surface area contributed by atoms with E-state index in [0.717, 1.165) is 25.7 Å². The lowest BCUT2D eigenvalue weighted by atomic mass is 9.96. The van der Waals surface area contributed by atoms with E-state index in [-0.39, 0.29) is 11.6 Å². The molecule has 2 rings (SSSR count). The van der Waals surface area contributed by atoms with Gasteiger partial charge in [-0.3, -0.25) is 0 Å². The largest absolute Gasteiger partial charge is 0.335 e. The summed E-state index contributed by atoms with van der Waals surface area (Å²) < 4.78 is 0. The van der Waals surface area contributed by atoms with Crippen LogP contribution < -0.4 is 11.1 Å². The fourth-order valence-corrected chi connectivity index (χ4v) is 2.42. The number of nitrogens with two attached hydrogens (primary N) is 1. The van der Waals surface area contributed by atoms with Crippen LogP contribution >= 0.6 is 0 Å². The van der Waals surface area contributed by atoms with Crippen molar-refractivity contribution in [1.82, 2.24) is 10.2 Å². The maximum atomic E-state index is 11.9. The third kappa shape index (κ3) is 2.09. The van der Waals surface area contributed by atoms with Gasteiger partial charge < -0.3 is 16.0 Å². The number of urea groups is 1. The monoisotopic (exact) mass is 211 g/mol. The van der Waals surface area contributed by atoms with Gasteiger partial charge in [-0.05, 0) is 25.7 Å². The number of nitrogens with zero attached hydrogens (tertiary/aromatic N) is 1. The highest BCUT2D eigenvalue weighted by molar-refractivity contribution is 5.75. The first kappa shape index (κ1) is 10.7. The van der Waals surface area contributed by atoms with Crippen molar-refractivity contribution in [3.05, 3.63) is 0 Å². The van der Waals surface area contributed by atoms with Gasteiger partial charge in [0, 0.05) is 19.6 Å². The minimum atomic E-state index is -0.0705. The van der Waals surface area contributed by atoms with Crippen molar-refractivity contribution >= 4 is 6.03 Å². The first-order valence-electron chi connectivity index (χ1n) is 5.92. The fourth-order valence-electron chi connectivity index (χ4n) is 2.42. The Bertz CT molecular complexity index is 244. The molecule has 4 heteroatoms. The minimum absolute atomic E-state index is 0.0600. The lowest BCUT2D eigenvalue weighted by Gasteiger charge is -2.37. The summed E-state index contributed by atoms with van der Waals surface area (Å²) in [5, 5.41) is 3.02. The van der Waals surface area contributed by atoms with E-state index < -0.39 is 0 Å². The quantitative estimate of drug-likeness (QED) is 0.733. The Morgan fingerprint density at radius 3 is 2.53 bits per heavy atom. The Hall–Kier alpha value is -0.770. The molecule has 0 bridgehead atoms. The zero-order valence-electron chi connectivity index (χ0n) is 9.46. The van der Waals surface area contributed by atoms with Crippen LogP contribution in [0.2, 0.25) is 0 Å². The van der Waals surface area contributed by atoms with Crippen LogP contribution in [0.5, 0.6) is 0 Å². The topological polar surface area (TPSA) is 58.4 Å². The van der Waals surface area contributed by atoms with E-state index in [1.807, 2.05) is 11.9 Å². The molecule has 0 saturated heterocycles. The summed E-state index contributed by atoms with van der Waals surface area (Å²) in [6.07, 6.45) is 6.76. The molecule has 0 heterocycles. The van der Waals surface area contributed by atoms with Gasteiger partial charge in [-0.15, -0.1) is 0 Å². The molecule has 2 aliphatic carbocycles. The first-order valence-corrected chi connectivity index (χ1v) is 5.92. The van der Waals surface area contributed by atoms with Crippen LogP contribution in [0, 0.1) is 0 Å². The van der Waals surface area contributed by atoms with Gasteiger partial charge in [-0.2, -0.15) is 0 Å². The van der Waals surface area contributed by atoms with Gasteiger partial charge in [0.25, 0.3) is 0 Å². The number of carbonyl (C=O) groups excluding carboxylic acids is 1. The van der Waals surface area contributed by atoms with Crippen LogP contribution in [0.4, 0.5) is 4.79 Å². The van der Waals surface area contributed by atoms with Gasteiger partial charge in [-0.1, -0.05) is 12.8 Å². The molecule has 2 aliphatic rings. The number of rotatable bonds is 3. The minimum Gasteiger partial charge on any atom is -0.335 e. The summed E-state index contributed by atoms with van der Waals surface area (Å²) in [6.45, 7) is 0.585. The van der Waals surface area contributed by atoms with Gasteiger partial charge in [0.1, 0.15) is 0 Å². The van der Waals surface area contributed by atoms with Crippen LogP contribution in [0.25, 0.3) is 0 Å². The van der Waals surface area contributed by atoms with E-state index in [4.69, 9.17) is 5.73 Å². The summed E-state index contributed by atoms with van der Waals surface area (Å²) in [5.41, 5.74) is 5.76. The van der Waals surface area contributed by atoms with E-state index in [1.54, 1.807) is 0 Å². The molecule has 15 heavy (non-hydrogen) atoms. The highest BCUT2D eigenvalue weighted by Gasteiger charge is 2.39. The third-order valence-electron chi connectivity index (χ3n) is 3.84. The summed E-state index contributed by atoms with van der Waals surface area (Å²) >= 11 is 0. The molecular weight excluding hydrogens is 190 g/mol. The van der Waals surface area contributed by atoms with Crippen LogP contribution in [-0.2, 0) is 0 Å². The summed E-state index contributed by atoms with van der Waals surface area (Å²) in [7, 11) is 1.88. The van der Waals surface area contributed by atoms with Gasteiger partial charge in [0.05, 0.1) is 5.54 Å². The molecule has 3 N–H and O–H groups in total. The van der Waals surface area contributed by atoms with E-state index in [0.29, 0.717) is 12.6 Å². The molecular formula is C11H21N3O. The average molecular weight is 211 g/mol. The van der Waals surface area contributed by atoms with Crippen LogP contribution in [0.15, 0.2) is 0 Å². The zero-order chi connectivity index (χ0) is 10.9. The number of amides is 2. The highest BCUT2D eigenvalue weighted by Crippen LogP contribution is 2.33. The molecule has 0 aromatic carbocycles. The molecule has 2 fully saturated rings. The predicted octanol–water partition coefficient (Wildman–Crippen LogP) is 1.06. The Balaban J connectivity index is 1.96. The van der Waals surface area contributed by atoms with Crippen LogP contribution in [0.3, 0.4) is 0 Å². The predicted molar refractivity (Wildman–Crippen MR) is 59.6 cm³/mol. The lowest BCUT2D eigenvalue weighted by molar-refractivity contribution is 0.141. The van der Waals surface area contributed by atoms with Gasteiger partial charge >= 0.3 is 6.03 Å². The van der Waals surface area contributed by atoms with E-state index >= 15 is 0 Å². The summed E-state index contributed by atoms with van der Waals surface area (Å²) in [4.78, 5) is 13.7. The molecule has 0 aromatic rings. The van der Waals surface area contributed by atoms with Crippen molar-refractivity contribution in [2.45, 2.75) is 50.1 Å². The Morgan fingerprint density at radius 1 is 1.47 bits per heavy atom. The van der Waals surface area contributed by atoms with Crippen LogP contribution in [-0.4, -0.2) is 36.1 Å². The number of hydrogen-bond acceptors (Lipinski definition) is 2. The van der Waals surface area contributed by atoms with Crippen molar-refractivity contribution in [2.75, 3.05) is 13.6 Å². The smallest absolute Gasteiger partial charge is 0.317 e. The number of hydrogen-bond donors (Lipinski definition) is 2. The molecule has 86 valence electrons. The SMILES string of the molecule is CN(C(=O)NC1CC1)C1(CN)CCCC1. The maximum Gasteiger partial charge on any atom is 0.317 e. The molecule has 0 unspecified atom stereocenters. The molecule has 2 saturated carbocycles. The van der Waals surface area contributed by atoms with E-state index in [1.165, 1.54) is 12.8 Å².